The van der Waals surface area contributed by atoms with Gasteiger partial charge in [0.05, 0.1) is 25.0 Å². The normalized spacial score (nSPS) is 17.6. The van der Waals surface area contributed by atoms with Gasteiger partial charge in [-0.05, 0) is 12.0 Å². The highest BCUT2D eigenvalue weighted by molar-refractivity contribution is 6.32. The molecule has 1 saturated heterocycles. The van der Waals surface area contributed by atoms with Gasteiger partial charge in [-0.1, -0.05) is 41.9 Å². The zero-order valence-corrected chi connectivity index (χ0v) is 12.9. The van der Waals surface area contributed by atoms with Gasteiger partial charge in [-0.3, -0.25) is 4.79 Å². The van der Waals surface area contributed by atoms with Crippen molar-refractivity contribution in [3.05, 3.63) is 57.5 Å². The van der Waals surface area contributed by atoms with E-state index >= 15 is 0 Å². The number of nitrogens with zero attached hydrogens (tertiary/aromatic N) is 2. The molecule has 3 rings (SSSR count). The summed E-state index contributed by atoms with van der Waals surface area (Å²) in [4.78, 5) is 12.3. The van der Waals surface area contributed by atoms with Gasteiger partial charge in [0, 0.05) is 19.1 Å². The topological polar surface area (TPSA) is 56.1 Å². The van der Waals surface area contributed by atoms with Crippen molar-refractivity contribution < 1.29 is 4.74 Å². The van der Waals surface area contributed by atoms with Crippen molar-refractivity contribution in [2.75, 3.05) is 25.1 Å². The van der Waals surface area contributed by atoms with E-state index in [9.17, 15) is 4.79 Å². The molecule has 116 valence electrons. The molecule has 0 radical (unpaired) electrons. The largest absolute Gasteiger partial charge is 0.382 e. The van der Waals surface area contributed by atoms with Crippen molar-refractivity contribution in [2.45, 2.75) is 13.0 Å². The molecule has 1 fully saturated rings. The van der Waals surface area contributed by atoms with Crippen LogP contribution in [0.25, 0.3) is 0 Å². The fourth-order valence-electron chi connectivity index (χ4n) is 2.46. The number of hydrogen-bond donors (Lipinski definition) is 1. The van der Waals surface area contributed by atoms with Gasteiger partial charge < -0.3 is 10.1 Å². The van der Waals surface area contributed by atoms with E-state index in [0.29, 0.717) is 18.2 Å². The first-order chi connectivity index (χ1) is 10.7. The van der Waals surface area contributed by atoms with Crippen molar-refractivity contribution in [1.29, 1.82) is 0 Å². The number of rotatable bonds is 5. The fourth-order valence-corrected chi connectivity index (χ4v) is 2.67. The van der Waals surface area contributed by atoms with Crippen LogP contribution in [-0.4, -0.2) is 29.5 Å². The number of aromatic nitrogens is 2. The minimum Gasteiger partial charge on any atom is -0.382 e. The van der Waals surface area contributed by atoms with E-state index in [2.05, 4.69) is 10.4 Å². The second-order valence-corrected chi connectivity index (χ2v) is 5.81. The van der Waals surface area contributed by atoms with Crippen LogP contribution in [0.4, 0.5) is 5.69 Å². The van der Waals surface area contributed by atoms with Gasteiger partial charge in [-0.25, -0.2) is 4.68 Å². The molecule has 0 spiro atoms. The molecular weight excluding hydrogens is 302 g/mol. The number of benzene rings is 1. The Kier molecular flexibility index (Phi) is 4.75. The number of ether oxygens (including phenoxy) is 1. The van der Waals surface area contributed by atoms with Crippen LogP contribution in [0.1, 0.15) is 12.0 Å². The monoisotopic (exact) mass is 319 g/mol. The standard InChI is InChI=1S/C16H18ClN3O2/c17-15-14(18-8-13-6-7-22-11-13)9-19-20(16(15)21)10-12-4-2-1-3-5-12/h1-5,9,13,18H,6-8,10-11H2/t13-/m1/s1. The van der Waals surface area contributed by atoms with Crippen molar-refractivity contribution in [3.8, 4) is 0 Å². The molecule has 0 amide bonds. The van der Waals surface area contributed by atoms with Crippen LogP contribution in [0.5, 0.6) is 0 Å². The predicted octanol–water partition coefficient (Wildman–Crippen LogP) is 2.39. The summed E-state index contributed by atoms with van der Waals surface area (Å²) in [7, 11) is 0. The Labute approximate surface area is 133 Å². The second-order valence-electron chi connectivity index (χ2n) is 5.43. The number of nitrogens with one attached hydrogen (secondary N) is 1. The third-order valence-electron chi connectivity index (χ3n) is 3.77. The zero-order valence-electron chi connectivity index (χ0n) is 12.2. The van der Waals surface area contributed by atoms with Crippen LogP contribution in [0, 0.1) is 5.92 Å². The Morgan fingerprint density at radius 2 is 2.18 bits per heavy atom. The van der Waals surface area contributed by atoms with Crippen molar-refractivity contribution in [1.82, 2.24) is 9.78 Å². The van der Waals surface area contributed by atoms with Crippen LogP contribution >= 0.6 is 11.6 Å². The van der Waals surface area contributed by atoms with Gasteiger partial charge in [0.2, 0.25) is 0 Å². The highest BCUT2D eigenvalue weighted by Gasteiger charge is 2.16. The number of anilines is 1. The third kappa shape index (κ3) is 3.48. The number of halogens is 1. The molecule has 2 aromatic rings. The molecule has 2 heterocycles. The van der Waals surface area contributed by atoms with E-state index in [1.165, 1.54) is 4.68 Å². The molecule has 1 aromatic carbocycles. The van der Waals surface area contributed by atoms with Crippen molar-refractivity contribution in [2.24, 2.45) is 5.92 Å². The Bertz CT molecular complexity index is 682. The van der Waals surface area contributed by atoms with E-state index in [1.807, 2.05) is 30.3 Å². The maximum atomic E-state index is 12.3. The summed E-state index contributed by atoms with van der Waals surface area (Å²) >= 11 is 6.18. The molecule has 0 bridgehead atoms. The SMILES string of the molecule is O=c1c(Cl)c(NC[C@H]2CCOC2)cnn1Cc1ccccc1. The summed E-state index contributed by atoms with van der Waals surface area (Å²) in [6, 6.07) is 9.71. The van der Waals surface area contributed by atoms with E-state index in [-0.39, 0.29) is 10.6 Å². The molecule has 1 aliphatic heterocycles. The van der Waals surface area contributed by atoms with Crippen LogP contribution in [0.15, 0.2) is 41.3 Å². The lowest BCUT2D eigenvalue weighted by Gasteiger charge is -2.13. The smallest absolute Gasteiger partial charge is 0.287 e. The molecule has 5 nitrogen and oxygen atoms in total. The van der Waals surface area contributed by atoms with Crippen LogP contribution in [-0.2, 0) is 11.3 Å². The van der Waals surface area contributed by atoms with Crippen LogP contribution in [0.2, 0.25) is 5.02 Å². The van der Waals surface area contributed by atoms with Crippen molar-refractivity contribution in [3.63, 3.8) is 0 Å². The lowest BCUT2D eigenvalue weighted by atomic mass is 10.1. The summed E-state index contributed by atoms with van der Waals surface area (Å²) in [6.07, 6.45) is 2.64. The van der Waals surface area contributed by atoms with Gasteiger partial charge >= 0.3 is 0 Å². The van der Waals surface area contributed by atoms with Gasteiger partial charge in [-0.15, -0.1) is 0 Å². The summed E-state index contributed by atoms with van der Waals surface area (Å²) in [5.74, 6) is 0.461. The first-order valence-corrected chi connectivity index (χ1v) is 7.73. The second kappa shape index (κ2) is 6.94. The van der Waals surface area contributed by atoms with E-state index < -0.39 is 0 Å². The molecule has 0 unspecified atom stereocenters. The molecule has 6 heteroatoms. The van der Waals surface area contributed by atoms with E-state index in [1.54, 1.807) is 6.20 Å². The van der Waals surface area contributed by atoms with Gasteiger partial charge in [-0.2, -0.15) is 5.10 Å². The molecule has 1 N–H and O–H groups in total. The molecule has 22 heavy (non-hydrogen) atoms. The van der Waals surface area contributed by atoms with Gasteiger partial charge in [0.25, 0.3) is 5.56 Å². The van der Waals surface area contributed by atoms with E-state index in [4.69, 9.17) is 16.3 Å². The van der Waals surface area contributed by atoms with Crippen molar-refractivity contribution >= 4 is 17.3 Å². The molecule has 0 aliphatic carbocycles. The summed E-state index contributed by atoms with van der Waals surface area (Å²) in [5, 5.41) is 7.59. The van der Waals surface area contributed by atoms with Crippen LogP contribution < -0.4 is 10.9 Å². The Balaban J connectivity index is 1.72. The van der Waals surface area contributed by atoms with E-state index in [0.717, 1.165) is 31.7 Å². The quantitative estimate of drug-likeness (QED) is 0.919. The summed E-state index contributed by atoms with van der Waals surface area (Å²) in [6.45, 7) is 2.71. The maximum Gasteiger partial charge on any atom is 0.287 e. The minimum atomic E-state index is -0.279. The molecule has 0 saturated carbocycles. The predicted molar refractivity (Wildman–Crippen MR) is 86.5 cm³/mol. The minimum absolute atomic E-state index is 0.185. The summed E-state index contributed by atoms with van der Waals surface area (Å²) < 4.78 is 6.71. The zero-order chi connectivity index (χ0) is 15.4. The lowest BCUT2D eigenvalue weighted by molar-refractivity contribution is 0.187. The number of hydrogen-bond acceptors (Lipinski definition) is 4. The van der Waals surface area contributed by atoms with Crippen LogP contribution in [0.3, 0.4) is 0 Å². The van der Waals surface area contributed by atoms with Gasteiger partial charge in [0.15, 0.2) is 0 Å². The fraction of sp³-hybridized carbons (Fsp3) is 0.375. The average molecular weight is 320 g/mol. The molecule has 1 aromatic heterocycles. The highest BCUT2D eigenvalue weighted by Crippen LogP contribution is 2.18. The Hall–Kier alpha value is -1.85. The average Bonchev–Trinajstić information content (AvgIpc) is 3.06. The molecular formula is C16H18ClN3O2. The Morgan fingerprint density at radius 3 is 2.91 bits per heavy atom. The van der Waals surface area contributed by atoms with Gasteiger partial charge in [0.1, 0.15) is 5.02 Å². The Morgan fingerprint density at radius 1 is 1.36 bits per heavy atom. The maximum absolute atomic E-state index is 12.3. The summed E-state index contributed by atoms with van der Waals surface area (Å²) in [5.41, 5.74) is 1.32. The first kappa shape index (κ1) is 15.1. The molecule has 1 atom stereocenters. The third-order valence-corrected chi connectivity index (χ3v) is 4.13. The highest BCUT2D eigenvalue weighted by atomic mass is 35.5. The molecule has 1 aliphatic rings. The lowest BCUT2D eigenvalue weighted by Crippen LogP contribution is -2.25. The first-order valence-electron chi connectivity index (χ1n) is 7.35.